The zero-order valence-corrected chi connectivity index (χ0v) is 22.8. The Balaban J connectivity index is 0.000000280. The molecule has 0 aliphatic carbocycles. The van der Waals surface area contributed by atoms with Crippen molar-refractivity contribution in [3.8, 4) is 23.0 Å². The van der Waals surface area contributed by atoms with Crippen LogP contribution >= 0.6 is 0 Å². The van der Waals surface area contributed by atoms with Crippen LogP contribution in [0.4, 0.5) is 11.4 Å². The van der Waals surface area contributed by atoms with E-state index < -0.39 is 11.9 Å². The molecule has 0 saturated heterocycles. The first-order valence-corrected chi connectivity index (χ1v) is 11.6. The van der Waals surface area contributed by atoms with Gasteiger partial charge in [0.15, 0.2) is 0 Å². The molecule has 0 fully saturated rings. The molecule has 0 saturated carbocycles. The molecule has 0 heterocycles. The van der Waals surface area contributed by atoms with Crippen LogP contribution in [-0.2, 0) is 16.5 Å². The number of nitrogens with zero attached hydrogens (tertiary/aromatic N) is 2. The van der Waals surface area contributed by atoms with Crippen molar-refractivity contribution in [1.82, 2.24) is 0 Å². The van der Waals surface area contributed by atoms with Gasteiger partial charge >= 0.3 is 28.4 Å². The van der Waals surface area contributed by atoms with Gasteiger partial charge in [0.05, 0.1) is 36.7 Å². The maximum absolute atomic E-state index is 11.4. The maximum atomic E-state index is 11.4. The van der Waals surface area contributed by atoms with Crippen molar-refractivity contribution in [3.63, 3.8) is 0 Å². The van der Waals surface area contributed by atoms with E-state index in [0.29, 0.717) is 22.5 Å². The number of carboxylic acids is 2. The number of carboxylic acid groups (broad SMARTS) is 2. The molecule has 10 nitrogen and oxygen atoms in total. The van der Waals surface area contributed by atoms with Gasteiger partial charge in [0, 0.05) is 12.4 Å². The molecule has 0 atom stereocenters. The van der Waals surface area contributed by atoms with Gasteiger partial charge in [0.2, 0.25) is 0 Å². The Hall–Kier alpha value is -5.15. The van der Waals surface area contributed by atoms with Crippen LogP contribution in [0.15, 0.2) is 94.9 Å². The molecule has 0 amide bonds. The minimum Gasteiger partial charge on any atom is -0.870 e. The minimum atomic E-state index is -1.00. The third-order valence-corrected chi connectivity index (χ3v) is 5.29. The molecule has 11 heteroatoms. The van der Waals surface area contributed by atoms with Crippen LogP contribution in [0.1, 0.15) is 31.8 Å². The van der Waals surface area contributed by atoms with Gasteiger partial charge in [-0.25, -0.2) is 9.59 Å². The number of hydrogen-bond donors (Lipinski definition) is 2. The molecule has 4 aromatic rings. The number of methoxy groups -OCH3 is 2. The smallest absolute Gasteiger partial charge is 0.870 e. The summed E-state index contributed by atoms with van der Waals surface area (Å²) in [4.78, 5) is 30.0. The van der Waals surface area contributed by atoms with E-state index in [2.05, 4.69) is 9.98 Å². The van der Waals surface area contributed by atoms with Crippen molar-refractivity contribution in [2.75, 3.05) is 14.2 Å². The predicted molar refractivity (Wildman–Crippen MR) is 146 cm³/mol. The molecule has 4 rings (SSSR count). The van der Waals surface area contributed by atoms with E-state index in [1.54, 1.807) is 61.0 Å². The maximum Gasteiger partial charge on any atom is 2.00 e. The molecule has 0 unspecified atom stereocenters. The molecular weight excluding hydrogens is 575 g/mol. The largest absolute Gasteiger partial charge is 2.00 e. The molecular formula is C30H24N2NiO8. The summed E-state index contributed by atoms with van der Waals surface area (Å²) in [7, 11) is 2.85. The average molecular weight is 599 g/mol. The third kappa shape index (κ3) is 9.52. The summed E-state index contributed by atoms with van der Waals surface area (Å²) >= 11 is 0. The van der Waals surface area contributed by atoms with E-state index in [1.807, 2.05) is 0 Å². The number of rotatable bonds is 8. The summed E-state index contributed by atoms with van der Waals surface area (Å²) in [5.74, 6) is -1.91. The standard InChI is InChI=1S/2C15H13NO4.Ni/c2*1-20-14-7-10(5-6-13(14)17)9-16-12-4-2-3-11(8-12)15(18)19;/h2*2-9,17H,1H3,(H,18,19);/q;;+2/p-2. The summed E-state index contributed by atoms with van der Waals surface area (Å²) in [6, 6.07) is 21.8. The van der Waals surface area contributed by atoms with Gasteiger partial charge in [-0.15, -0.1) is 0 Å². The van der Waals surface area contributed by atoms with Gasteiger partial charge in [-0.2, -0.15) is 0 Å². The van der Waals surface area contributed by atoms with Crippen LogP contribution in [0.3, 0.4) is 0 Å². The zero-order valence-electron chi connectivity index (χ0n) is 21.8. The van der Waals surface area contributed by atoms with Crippen LogP contribution in [0, 0.1) is 0 Å². The fourth-order valence-electron chi connectivity index (χ4n) is 3.27. The van der Waals surface area contributed by atoms with E-state index >= 15 is 0 Å². The van der Waals surface area contributed by atoms with Gasteiger partial charge in [0.1, 0.15) is 11.5 Å². The van der Waals surface area contributed by atoms with Gasteiger partial charge in [0.25, 0.3) is 0 Å². The van der Waals surface area contributed by atoms with E-state index in [-0.39, 0.29) is 50.6 Å². The van der Waals surface area contributed by atoms with Crippen molar-refractivity contribution < 1.29 is 56.0 Å². The summed E-state index contributed by atoms with van der Waals surface area (Å²) in [6.07, 6.45) is 3.09. The second kappa shape index (κ2) is 15.4. The molecule has 0 aromatic heterocycles. The van der Waals surface area contributed by atoms with Gasteiger partial charge < -0.3 is 29.9 Å². The summed E-state index contributed by atoms with van der Waals surface area (Å²) in [5.41, 5.74) is 2.79. The Kier molecular flexibility index (Phi) is 12.1. The second-order valence-corrected chi connectivity index (χ2v) is 8.05. The van der Waals surface area contributed by atoms with Crippen LogP contribution in [0.5, 0.6) is 23.0 Å². The van der Waals surface area contributed by atoms with Gasteiger partial charge in [-0.1, -0.05) is 47.9 Å². The number of carbonyl (C=O) groups is 2. The molecule has 0 bridgehead atoms. The van der Waals surface area contributed by atoms with Crippen molar-refractivity contribution >= 4 is 35.7 Å². The Bertz CT molecular complexity index is 1450. The van der Waals surface area contributed by atoms with E-state index in [1.165, 1.54) is 50.6 Å². The van der Waals surface area contributed by atoms with Crippen LogP contribution in [0.2, 0.25) is 0 Å². The van der Waals surface area contributed by atoms with E-state index in [4.69, 9.17) is 19.7 Å². The van der Waals surface area contributed by atoms with Crippen molar-refractivity contribution in [3.05, 3.63) is 107 Å². The predicted octanol–water partition coefficient (Wildman–Crippen LogP) is 4.43. The number of aliphatic imine (C=N–C) groups is 2. The zero-order chi connectivity index (χ0) is 29.1. The summed E-state index contributed by atoms with van der Waals surface area (Å²) in [6.45, 7) is 0. The minimum absolute atomic E-state index is 0. The molecule has 212 valence electrons. The Morgan fingerprint density at radius 2 is 1.05 bits per heavy atom. The quantitative estimate of drug-likeness (QED) is 0.222. The third-order valence-electron chi connectivity index (χ3n) is 5.29. The molecule has 4 aromatic carbocycles. The normalized spacial score (nSPS) is 10.4. The Morgan fingerprint density at radius 3 is 1.39 bits per heavy atom. The second-order valence-electron chi connectivity index (χ2n) is 8.05. The fourth-order valence-corrected chi connectivity index (χ4v) is 3.27. The van der Waals surface area contributed by atoms with E-state index in [0.717, 1.165) is 0 Å². The number of aromatic carboxylic acids is 2. The molecule has 0 aliphatic rings. The van der Waals surface area contributed by atoms with Crippen molar-refractivity contribution in [2.24, 2.45) is 9.98 Å². The summed E-state index contributed by atoms with van der Waals surface area (Å²) in [5, 5.41) is 40.5. The van der Waals surface area contributed by atoms with Crippen molar-refractivity contribution in [2.45, 2.75) is 0 Å². The molecule has 41 heavy (non-hydrogen) atoms. The summed E-state index contributed by atoms with van der Waals surface area (Å²) < 4.78 is 9.87. The van der Waals surface area contributed by atoms with Crippen LogP contribution in [-0.4, -0.2) is 48.8 Å². The van der Waals surface area contributed by atoms with Gasteiger partial charge in [-0.3, -0.25) is 9.98 Å². The van der Waals surface area contributed by atoms with Crippen LogP contribution < -0.4 is 19.7 Å². The number of benzene rings is 4. The van der Waals surface area contributed by atoms with Gasteiger partial charge in [-0.05, 0) is 59.7 Å². The number of hydrogen-bond acceptors (Lipinski definition) is 8. The average Bonchev–Trinajstić information content (AvgIpc) is 2.97. The molecule has 2 N–H and O–H groups in total. The first kappa shape index (κ1) is 32.1. The Morgan fingerprint density at radius 1 is 0.659 bits per heavy atom. The molecule has 0 aliphatic heterocycles. The fraction of sp³-hybridized carbons (Fsp3) is 0.0667. The monoisotopic (exact) mass is 598 g/mol. The molecule has 0 spiro atoms. The van der Waals surface area contributed by atoms with Crippen molar-refractivity contribution in [1.29, 1.82) is 0 Å². The first-order valence-electron chi connectivity index (χ1n) is 11.6. The Labute approximate surface area is 245 Å². The van der Waals surface area contributed by atoms with E-state index in [9.17, 15) is 19.8 Å². The number of ether oxygens (including phenoxy) is 2. The molecule has 0 radical (unpaired) electrons. The van der Waals surface area contributed by atoms with Crippen LogP contribution in [0.25, 0.3) is 0 Å². The SMILES string of the molecule is COc1cc(C=Nc2cccc(C(=O)O)c2)ccc1[O-].COc1cc(C=Nc2cccc(C(=O)O)c2)ccc1[O-].[Ni+2]. The first-order chi connectivity index (χ1) is 19.2. The topological polar surface area (TPSA) is 164 Å².